The van der Waals surface area contributed by atoms with Gasteiger partial charge in [-0.1, -0.05) is 13.8 Å². The molecule has 1 amide bonds. The Morgan fingerprint density at radius 2 is 1.75 bits per heavy atom. The van der Waals surface area contributed by atoms with Crippen LogP contribution in [0.2, 0.25) is 0 Å². The van der Waals surface area contributed by atoms with Crippen LogP contribution in [0, 0.1) is 17.3 Å². The van der Waals surface area contributed by atoms with Gasteiger partial charge in [0.2, 0.25) is 5.91 Å². The largest absolute Gasteiger partial charge is 0.349 e. The summed E-state index contributed by atoms with van der Waals surface area (Å²) in [6, 6.07) is 0. The molecular formula is C16H29ClN2O. The van der Waals surface area contributed by atoms with E-state index in [-0.39, 0.29) is 29.3 Å². The smallest absolute Gasteiger partial charge is 0.234 e. The molecule has 20 heavy (non-hydrogen) atoms. The second kappa shape index (κ2) is 5.49. The van der Waals surface area contributed by atoms with Crippen LogP contribution in [0.1, 0.15) is 52.9 Å². The first-order valence-electron chi connectivity index (χ1n) is 7.97. The molecule has 2 aliphatic carbocycles. The highest BCUT2D eigenvalue weighted by atomic mass is 35.5. The van der Waals surface area contributed by atoms with Gasteiger partial charge in [-0.3, -0.25) is 9.69 Å². The molecule has 0 radical (unpaired) electrons. The minimum atomic E-state index is 0. The zero-order valence-corrected chi connectivity index (χ0v) is 13.9. The fourth-order valence-corrected chi connectivity index (χ4v) is 4.85. The average molecular weight is 301 g/mol. The Labute approximate surface area is 129 Å². The zero-order chi connectivity index (χ0) is 13.7. The van der Waals surface area contributed by atoms with Crippen molar-refractivity contribution in [1.82, 2.24) is 10.2 Å². The van der Waals surface area contributed by atoms with Crippen molar-refractivity contribution < 1.29 is 4.79 Å². The third-order valence-electron chi connectivity index (χ3n) is 6.57. The molecule has 0 aromatic carbocycles. The lowest BCUT2D eigenvalue weighted by Gasteiger charge is -2.48. The highest BCUT2D eigenvalue weighted by molar-refractivity contribution is 5.85. The second-order valence-corrected chi connectivity index (χ2v) is 7.66. The van der Waals surface area contributed by atoms with Crippen molar-refractivity contribution in [3.63, 3.8) is 0 Å². The number of hydrogen-bond donors (Lipinski definition) is 1. The number of carbonyl (C=O) groups is 1. The fourth-order valence-electron chi connectivity index (χ4n) is 4.85. The van der Waals surface area contributed by atoms with E-state index in [2.05, 4.69) is 31.0 Å². The molecule has 2 bridgehead atoms. The van der Waals surface area contributed by atoms with E-state index in [0.29, 0.717) is 12.5 Å². The van der Waals surface area contributed by atoms with Gasteiger partial charge < -0.3 is 5.32 Å². The van der Waals surface area contributed by atoms with Crippen molar-refractivity contribution in [3.8, 4) is 0 Å². The van der Waals surface area contributed by atoms with Gasteiger partial charge in [0.1, 0.15) is 0 Å². The Morgan fingerprint density at radius 3 is 2.30 bits per heavy atom. The quantitative estimate of drug-likeness (QED) is 0.869. The molecule has 0 aromatic rings. The third kappa shape index (κ3) is 2.37. The van der Waals surface area contributed by atoms with Gasteiger partial charge in [-0.15, -0.1) is 12.4 Å². The molecule has 3 atom stereocenters. The molecule has 3 unspecified atom stereocenters. The second-order valence-electron chi connectivity index (χ2n) is 7.66. The number of nitrogens with one attached hydrogen (secondary N) is 1. The van der Waals surface area contributed by atoms with Gasteiger partial charge in [-0.25, -0.2) is 0 Å². The molecule has 1 aliphatic heterocycles. The molecule has 0 spiro atoms. The van der Waals surface area contributed by atoms with Gasteiger partial charge in [0.15, 0.2) is 0 Å². The first kappa shape index (κ1) is 16.1. The number of halogens is 1. The number of carbonyl (C=O) groups excluding carboxylic acids is 1. The summed E-state index contributed by atoms with van der Waals surface area (Å²) in [4.78, 5) is 14.7. The van der Waals surface area contributed by atoms with Crippen molar-refractivity contribution in [2.45, 2.75) is 58.4 Å². The first-order valence-corrected chi connectivity index (χ1v) is 7.97. The van der Waals surface area contributed by atoms with Crippen LogP contribution in [0.4, 0.5) is 0 Å². The van der Waals surface area contributed by atoms with Crippen LogP contribution < -0.4 is 5.32 Å². The minimum absolute atomic E-state index is 0. The van der Waals surface area contributed by atoms with Crippen LogP contribution in [0.15, 0.2) is 0 Å². The summed E-state index contributed by atoms with van der Waals surface area (Å²) in [6.07, 6.45) is 6.47. The lowest BCUT2D eigenvalue weighted by Crippen LogP contribution is -2.60. The minimum Gasteiger partial charge on any atom is -0.349 e. The maximum atomic E-state index is 12.4. The van der Waals surface area contributed by atoms with Crippen molar-refractivity contribution in [2.75, 3.05) is 19.6 Å². The van der Waals surface area contributed by atoms with E-state index < -0.39 is 0 Å². The number of rotatable bonds is 3. The third-order valence-corrected chi connectivity index (χ3v) is 6.57. The maximum absolute atomic E-state index is 12.4. The standard InChI is InChI=1S/C16H28N2O.ClH/c1-15(2)12-6-7-13(10-12)16(15,3)17-14(19)11-18-8-4-5-9-18;/h12-13H,4-11H2,1-3H3,(H,17,19);1H. The molecule has 2 saturated carbocycles. The lowest BCUT2D eigenvalue weighted by atomic mass is 9.64. The van der Waals surface area contributed by atoms with Crippen LogP contribution in [0.25, 0.3) is 0 Å². The predicted octanol–water partition coefficient (Wildman–Crippen LogP) is 2.84. The molecule has 4 heteroatoms. The van der Waals surface area contributed by atoms with Crippen LogP contribution in [0.3, 0.4) is 0 Å². The summed E-state index contributed by atoms with van der Waals surface area (Å²) >= 11 is 0. The summed E-state index contributed by atoms with van der Waals surface area (Å²) < 4.78 is 0. The Kier molecular flexibility index (Phi) is 4.42. The van der Waals surface area contributed by atoms with Gasteiger partial charge >= 0.3 is 0 Å². The van der Waals surface area contributed by atoms with E-state index in [1.54, 1.807) is 0 Å². The van der Waals surface area contributed by atoms with Gasteiger partial charge in [-0.2, -0.15) is 0 Å². The van der Waals surface area contributed by atoms with E-state index in [0.717, 1.165) is 19.0 Å². The molecule has 3 aliphatic rings. The van der Waals surface area contributed by atoms with Crippen LogP contribution in [0.5, 0.6) is 0 Å². The fraction of sp³-hybridized carbons (Fsp3) is 0.938. The normalized spacial score (nSPS) is 38.8. The zero-order valence-electron chi connectivity index (χ0n) is 13.1. The summed E-state index contributed by atoms with van der Waals surface area (Å²) in [6.45, 7) is 9.79. The molecule has 1 heterocycles. The van der Waals surface area contributed by atoms with E-state index in [1.807, 2.05) is 0 Å². The highest BCUT2D eigenvalue weighted by Crippen LogP contribution is 2.61. The molecule has 3 rings (SSSR count). The summed E-state index contributed by atoms with van der Waals surface area (Å²) in [5.41, 5.74) is 0.253. The van der Waals surface area contributed by atoms with E-state index in [1.165, 1.54) is 32.1 Å². The summed E-state index contributed by atoms with van der Waals surface area (Å²) in [5, 5.41) is 3.42. The summed E-state index contributed by atoms with van der Waals surface area (Å²) in [7, 11) is 0. The van der Waals surface area contributed by atoms with Crippen molar-refractivity contribution in [1.29, 1.82) is 0 Å². The number of amides is 1. The van der Waals surface area contributed by atoms with Gasteiger partial charge in [0.05, 0.1) is 6.54 Å². The number of nitrogens with zero attached hydrogens (tertiary/aromatic N) is 1. The predicted molar refractivity (Wildman–Crippen MR) is 84.1 cm³/mol. The molecule has 3 fully saturated rings. The number of likely N-dealkylation sites (tertiary alicyclic amines) is 1. The van der Waals surface area contributed by atoms with Crippen molar-refractivity contribution in [2.24, 2.45) is 17.3 Å². The van der Waals surface area contributed by atoms with E-state index in [9.17, 15) is 4.79 Å². The monoisotopic (exact) mass is 300 g/mol. The highest BCUT2D eigenvalue weighted by Gasteiger charge is 2.60. The summed E-state index contributed by atoms with van der Waals surface area (Å²) in [5.74, 6) is 1.73. The van der Waals surface area contributed by atoms with E-state index in [4.69, 9.17) is 0 Å². The first-order chi connectivity index (χ1) is 8.93. The molecule has 1 N–H and O–H groups in total. The number of fused-ring (bicyclic) bond motifs is 2. The molecule has 0 aromatic heterocycles. The number of hydrogen-bond acceptors (Lipinski definition) is 2. The maximum Gasteiger partial charge on any atom is 0.234 e. The lowest BCUT2D eigenvalue weighted by molar-refractivity contribution is -0.126. The SMILES string of the molecule is CC1(C)C2CCC(C2)C1(C)NC(=O)CN1CCCC1.Cl. The molecular weight excluding hydrogens is 272 g/mol. The van der Waals surface area contributed by atoms with Gasteiger partial charge in [-0.05, 0) is 69.4 Å². The molecule has 1 saturated heterocycles. The van der Waals surface area contributed by atoms with Gasteiger partial charge in [0.25, 0.3) is 0 Å². The Balaban J connectivity index is 0.00000147. The van der Waals surface area contributed by atoms with Crippen molar-refractivity contribution in [3.05, 3.63) is 0 Å². The Morgan fingerprint density at radius 1 is 1.15 bits per heavy atom. The van der Waals surface area contributed by atoms with Gasteiger partial charge in [0, 0.05) is 5.54 Å². The average Bonchev–Trinajstić information content (AvgIpc) is 2.99. The topological polar surface area (TPSA) is 32.3 Å². The Hall–Kier alpha value is -0.280. The van der Waals surface area contributed by atoms with Crippen LogP contribution in [-0.2, 0) is 4.79 Å². The van der Waals surface area contributed by atoms with E-state index >= 15 is 0 Å². The molecule has 116 valence electrons. The van der Waals surface area contributed by atoms with Crippen LogP contribution in [-0.4, -0.2) is 36.0 Å². The van der Waals surface area contributed by atoms with Crippen LogP contribution >= 0.6 is 12.4 Å². The molecule has 3 nitrogen and oxygen atoms in total. The Bertz CT molecular complexity index is 379. The van der Waals surface area contributed by atoms with Crippen molar-refractivity contribution >= 4 is 18.3 Å².